The molecule has 1 aromatic rings. The van der Waals surface area contributed by atoms with Gasteiger partial charge in [0, 0.05) is 23.8 Å². The third kappa shape index (κ3) is 2.30. The summed E-state index contributed by atoms with van der Waals surface area (Å²) in [6.07, 6.45) is 2.17. The Hall–Kier alpha value is -1.06. The van der Waals surface area contributed by atoms with Gasteiger partial charge >= 0.3 is 0 Å². The Morgan fingerprint density at radius 2 is 2.13 bits per heavy atom. The first-order valence-corrected chi connectivity index (χ1v) is 5.54. The molecule has 5 N–H and O–H groups in total. The highest BCUT2D eigenvalue weighted by molar-refractivity contribution is 5.41. The highest BCUT2D eigenvalue weighted by atomic mass is 15.0. The maximum atomic E-state index is 5.96. The van der Waals surface area contributed by atoms with E-state index in [1.807, 2.05) is 18.2 Å². The summed E-state index contributed by atoms with van der Waals surface area (Å²) in [5.41, 5.74) is 13.8. The third-order valence-electron chi connectivity index (χ3n) is 3.21. The second-order valence-electron chi connectivity index (χ2n) is 4.42. The van der Waals surface area contributed by atoms with Gasteiger partial charge in [-0.15, -0.1) is 0 Å². The minimum Gasteiger partial charge on any atom is -0.399 e. The lowest BCUT2D eigenvalue weighted by Gasteiger charge is -2.33. The monoisotopic (exact) mass is 205 g/mol. The van der Waals surface area contributed by atoms with Gasteiger partial charge in [0.05, 0.1) is 0 Å². The largest absolute Gasteiger partial charge is 0.399 e. The Morgan fingerprint density at radius 3 is 2.80 bits per heavy atom. The summed E-state index contributed by atoms with van der Waals surface area (Å²) < 4.78 is 0. The molecular formula is C12H19N3. The molecule has 1 heterocycles. The van der Waals surface area contributed by atoms with Crippen LogP contribution in [-0.2, 0) is 0 Å². The second kappa shape index (κ2) is 4.21. The number of nitrogens with two attached hydrogens (primary N) is 2. The summed E-state index contributed by atoms with van der Waals surface area (Å²) in [5.74, 6) is 0. The molecule has 1 fully saturated rings. The van der Waals surface area contributed by atoms with E-state index in [9.17, 15) is 0 Å². The standard InChI is InChI=1S/C12H19N3/c1-8-11(14)5-6-12(15-8)9-3-2-4-10(13)7-9/h2-4,7-8,11-12,15H,5-6,13-14H2,1H3. The Balaban J connectivity index is 2.12. The Kier molecular flexibility index (Phi) is 2.93. The predicted molar refractivity (Wildman–Crippen MR) is 63.4 cm³/mol. The minimum absolute atomic E-state index is 0.280. The third-order valence-corrected chi connectivity index (χ3v) is 3.21. The van der Waals surface area contributed by atoms with Gasteiger partial charge in [0.15, 0.2) is 0 Å². The van der Waals surface area contributed by atoms with Gasteiger partial charge in [0.2, 0.25) is 0 Å². The van der Waals surface area contributed by atoms with Gasteiger partial charge in [-0.05, 0) is 37.5 Å². The van der Waals surface area contributed by atoms with Crippen molar-refractivity contribution < 1.29 is 0 Å². The van der Waals surface area contributed by atoms with E-state index in [1.54, 1.807) is 0 Å². The molecule has 0 aliphatic carbocycles. The normalized spacial score (nSPS) is 31.5. The smallest absolute Gasteiger partial charge is 0.0324 e. The van der Waals surface area contributed by atoms with Crippen molar-refractivity contribution >= 4 is 5.69 Å². The second-order valence-corrected chi connectivity index (χ2v) is 4.42. The van der Waals surface area contributed by atoms with Crippen LogP contribution in [0.15, 0.2) is 24.3 Å². The Bertz CT molecular complexity index is 337. The van der Waals surface area contributed by atoms with Crippen LogP contribution < -0.4 is 16.8 Å². The number of piperidine rings is 1. The molecule has 1 aliphatic heterocycles. The van der Waals surface area contributed by atoms with Crippen molar-refractivity contribution in [1.29, 1.82) is 0 Å². The van der Waals surface area contributed by atoms with Gasteiger partial charge in [-0.2, -0.15) is 0 Å². The number of anilines is 1. The van der Waals surface area contributed by atoms with Crippen molar-refractivity contribution in [2.24, 2.45) is 5.73 Å². The van der Waals surface area contributed by atoms with Crippen LogP contribution in [0.4, 0.5) is 5.69 Å². The van der Waals surface area contributed by atoms with Crippen molar-refractivity contribution in [1.82, 2.24) is 5.32 Å². The van der Waals surface area contributed by atoms with E-state index in [0.29, 0.717) is 12.1 Å². The number of nitrogens with one attached hydrogen (secondary N) is 1. The Morgan fingerprint density at radius 1 is 1.33 bits per heavy atom. The summed E-state index contributed by atoms with van der Waals surface area (Å²) in [6.45, 7) is 2.14. The first-order valence-electron chi connectivity index (χ1n) is 5.54. The van der Waals surface area contributed by atoms with Crippen LogP contribution in [0.2, 0.25) is 0 Å². The van der Waals surface area contributed by atoms with E-state index < -0.39 is 0 Å². The zero-order valence-corrected chi connectivity index (χ0v) is 9.11. The van der Waals surface area contributed by atoms with Crippen molar-refractivity contribution in [3.05, 3.63) is 29.8 Å². The van der Waals surface area contributed by atoms with E-state index in [-0.39, 0.29) is 6.04 Å². The summed E-state index contributed by atoms with van der Waals surface area (Å²) >= 11 is 0. The Labute approximate surface area is 90.8 Å². The van der Waals surface area contributed by atoms with Crippen molar-refractivity contribution in [3.63, 3.8) is 0 Å². The molecule has 0 saturated carbocycles. The molecule has 82 valence electrons. The summed E-state index contributed by atoms with van der Waals surface area (Å²) in [5, 5.41) is 3.53. The van der Waals surface area contributed by atoms with Crippen molar-refractivity contribution in [2.45, 2.75) is 37.9 Å². The molecule has 15 heavy (non-hydrogen) atoms. The lowest BCUT2D eigenvalue weighted by atomic mass is 9.91. The van der Waals surface area contributed by atoms with E-state index in [0.717, 1.165) is 18.5 Å². The molecule has 3 nitrogen and oxygen atoms in total. The maximum Gasteiger partial charge on any atom is 0.0324 e. The summed E-state index contributed by atoms with van der Waals surface area (Å²) in [4.78, 5) is 0. The molecule has 3 atom stereocenters. The molecule has 0 amide bonds. The molecule has 0 spiro atoms. The molecule has 0 bridgehead atoms. The molecule has 3 heteroatoms. The molecule has 1 aliphatic rings. The molecule has 1 saturated heterocycles. The van der Waals surface area contributed by atoms with Gasteiger partial charge in [-0.25, -0.2) is 0 Å². The van der Waals surface area contributed by atoms with Crippen LogP contribution in [0.1, 0.15) is 31.4 Å². The fraction of sp³-hybridized carbons (Fsp3) is 0.500. The first kappa shape index (κ1) is 10.5. The van der Waals surface area contributed by atoms with Crippen LogP contribution in [0, 0.1) is 0 Å². The summed E-state index contributed by atoms with van der Waals surface area (Å²) in [6, 6.07) is 9.15. The summed E-state index contributed by atoms with van der Waals surface area (Å²) in [7, 11) is 0. The van der Waals surface area contributed by atoms with Gasteiger partial charge in [0.25, 0.3) is 0 Å². The molecule has 2 rings (SSSR count). The minimum atomic E-state index is 0.280. The molecule has 1 aromatic carbocycles. The molecule has 0 aromatic heterocycles. The lowest BCUT2D eigenvalue weighted by Crippen LogP contribution is -2.48. The van der Waals surface area contributed by atoms with E-state index in [1.165, 1.54) is 5.56 Å². The molecule has 0 radical (unpaired) electrons. The zero-order chi connectivity index (χ0) is 10.8. The number of hydrogen-bond donors (Lipinski definition) is 3. The van der Waals surface area contributed by atoms with Crippen LogP contribution in [-0.4, -0.2) is 12.1 Å². The van der Waals surface area contributed by atoms with Crippen molar-refractivity contribution in [2.75, 3.05) is 5.73 Å². The average molecular weight is 205 g/mol. The highest BCUT2D eigenvalue weighted by Crippen LogP contribution is 2.25. The average Bonchev–Trinajstić information content (AvgIpc) is 2.22. The fourth-order valence-corrected chi connectivity index (χ4v) is 2.17. The predicted octanol–water partition coefficient (Wildman–Crippen LogP) is 1.41. The molecule has 3 unspecified atom stereocenters. The van der Waals surface area contributed by atoms with E-state index in [2.05, 4.69) is 18.3 Å². The topological polar surface area (TPSA) is 64.1 Å². The fourth-order valence-electron chi connectivity index (χ4n) is 2.17. The van der Waals surface area contributed by atoms with E-state index >= 15 is 0 Å². The lowest BCUT2D eigenvalue weighted by molar-refractivity contribution is 0.303. The SMILES string of the molecule is CC1NC(c2cccc(N)c2)CCC1N. The van der Waals surface area contributed by atoms with Crippen LogP contribution >= 0.6 is 0 Å². The van der Waals surface area contributed by atoms with E-state index in [4.69, 9.17) is 11.5 Å². The first-order chi connectivity index (χ1) is 7.16. The van der Waals surface area contributed by atoms with Crippen LogP contribution in [0.5, 0.6) is 0 Å². The number of rotatable bonds is 1. The highest BCUT2D eigenvalue weighted by Gasteiger charge is 2.24. The van der Waals surface area contributed by atoms with Gasteiger partial charge < -0.3 is 16.8 Å². The van der Waals surface area contributed by atoms with Crippen LogP contribution in [0.3, 0.4) is 0 Å². The molecular weight excluding hydrogens is 186 g/mol. The van der Waals surface area contributed by atoms with Crippen molar-refractivity contribution in [3.8, 4) is 0 Å². The number of hydrogen-bond acceptors (Lipinski definition) is 3. The number of nitrogen functional groups attached to an aromatic ring is 1. The number of benzene rings is 1. The van der Waals surface area contributed by atoms with Gasteiger partial charge in [-0.1, -0.05) is 12.1 Å². The zero-order valence-electron chi connectivity index (χ0n) is 9.11. The maximum absolute atomic E-state index is 5.96. The van der Waals surface area contributed by atoms with Gasteiger partial charge in [0.1, 0.15) is 0 Å². The quantitative estimate of drug-likeness (QED) is 0.607. The van der Waals surface area contributed by atoms with Crippen LogP contribution in [0.25, 0.3) is 0 Å². The van der Waals surface area contributed by atoms with Gasteiger partial charge in [-0.3, -0.25) is 0 Å².